The van der Waals surface area contributed by atoms with E-state index in [0.29, 0.717) is 15.9 Å². The highest BCUT2D eigenvalue weighted by Crippen LogP contribution is 2.22. The Hall–Kier alpha value is -1.96. The van der Waals surface area contributed by atoms with Crippen LogP contribution in [0.25, 0.3) is 0 Å². The normalized spacial score (nSPS) is 15.3. The van der Waals surface area contributed by atoms with Crippen LogP contribution in [0.2, 0.25) is 10.0 Å². The van der Waals surface area contributed by atoms with Gasteiger partial charge < -0.3 is 10.2 Å². The van der Waals surface area contributed by atoms with Gasteiger partial charge in [-0.15, -0.1) is 0 Å². The zero-order valence-electron chi connectivity index (χ0n) is 12.8. The lowest BCUT2D eigenvalue weighted by Gasteiger charge is -2.34. The quantitative estimate of drug-likeness (QED) is 0.890. The predicted molar refractivity (Wildman–Crippen MR) is 93.6 cm³/mol. The predicted octanol–water partition coefficient (Wildman–Crippen LogP) is 1.94. The SMILES string of the molecule is O=C(CN1CCN(c2ncccn2)CC1)Nc1ncc(Cl)cc1Cl. The lowest BCUT2D eigenvalue weighted by Crippen LogP contribution is -2.49. The van der Waals surface area contributed by atoms with Crippen LogP contribution in [-0.4, -0.2) is 58.5 Å². The first-order chi connectivity index (χ1) is 11.6. The third-order valence-corrected chi connectivity index (χ3v) is 4.13. The van der Waals surface area contributed by atoms with E-state index in [1.807, 2.05) is 0 Å². The fraction of sp³-hybridized carbons (Fsp3) is 0.333. The Labute approximate surface area is 149 Å². The first-order valence-corrected chi connectivity index (χ1v) is 8.22. The molecule has 2 aromatic rings. The van der Waals surface area contributed by atoms with Crippen LogP contribution in [0.5, 0.6) is 0 Å². The summed E-state index contributed by atoms with van der Waals surface area (Å²) in [7, 11) is 0. The minimum absolute atomic E-state index is 0.156. The number of halogens is 2. The van der Waals surface area contributed by atoms with Crippen LogP contribution in [0, 0.1) is 0 Å². The summed E-state index contributed by atoms with van der Waals surface area (Å²) < 4.78 is 0. The molecule has 0 atom stereocenters. The molecule has 3 heterocycles. The number of anilines is 2. The largest absolute Gasteiger partial charge is 0.338 e. The van der Waals surface area contributed by atoms with Crippen LogP contribution in [0.15, 0.2) is 30.7 Å². The van der Waals surface area contributed by atoms with Crippen molar-refractivity contribution < 1.29 is 4.79 Å². The number of hydrogen-bond acceptors (Lipinski definition) is 6. The number of nitrogens with zero attached hydrogens (tertiary/aromatic N) is 5. The highest BCUT2D eigenvalue weighted by atomic mass is 35.5. The highest BCUT2D eigenvalue weighted by molar-refractivity contribution is 6.36. The van der Waals surface area contributed by atoms with E-state index in [0.717, 1.165) is 32.1 Å². The van der Waals surface area contributed by atoms with Gasteiger partial charge >= 0.3 is 0 Å². The van der Waals surface area contributed by atoms with Crippen molar-refractivity contribution in [2.75, 3.05) is 42.9 Å². The Morgan fingerprint density at radius 2 is 1.83 bits per heavy atom. The smallest absolute Gasteiger partial charge is 0.239 e. The van der Waals surface area contributed by atoms with Gasteiger partial charge in [-0.25, -0.2) is 15.0 Å². The van der Waals surface area contributed by atoms with Crippen LogP contribution in [0.4, 0.5) is 11.8 Å². The summed E-state index contributed by atoms with van der Waals surface area (Å²) >= 11 is 11.8. The van der Waals surface area contributed by atoms with E-state index in [1.54, 1.807) is 24.5 Å². The standard InChI is InChI=1S/C15H16Cl2N6O/c16-11-8-12(17)14(20-9-11)21-13(24)10-22-4-6-23(7-5-22)15-18-2-1-3-19-15/h1-3,8-9H,4-7,10H2,(H,20,21,24). The molecule has 1 N–H and O–H groups in total. The molecule has 1 amide bonds. The lowest BCUT2D eigenvalue weighted by molar-refractivity contribution is -0.117. The molecule has 3 rings (SSSR count). The van der Waals surface area contributed by atoms with Crippen LogP contribution in [0.3, 0.4) is 0 Å². The Kier molecular flexibility index (Phi) is 5.44. The third-order valence-electron chi connectivity index (χ3n) is 3.64. The molecule has 24 heavy (non-hydrogen) atoms. The van der Waals surface area contributed by atoms with E-state index in [4.69, 9.17) is 23.2 Å². The van der Waals surface area contributed by atoms with E-state index >= 15 is 0 Å². The number of aromatic nitrogens is 3. The van der Waals surface area contributed by atoms with Crippen LogP contribution < -0.4 is 10.2 Å². The van der Waals surface area contributed by atoms with Crippen molar-refractivity contribution in [3.8, 4) is 0 Å². The minimum atomic E-state index is -0.156. The summed E-state index contributed by atoms with van der Waals surface area (Å²) in [5, 5.41) is 3.46. The molecule has 0 aliphatic carbocycles. The van der Waals surface area contributed by atoms with Gasteiger partial charge in [-0.1, -0.05) is 23.2 Å². The van der Waals surface area contributed by atoms with Crippen LogP contribution in [0.1, 0.15) is 0 Å². The summed E-state index contributed by atoms with van der Waals surface area (Å²) in [4.78, 5) is 28.8. The number of hydrogen-bond donors (Lipinski definition) is 1. The molecule has 7 nitrogen and oxygen atoms in total. The van der Waals surface area contributed by atoms with Gasteiger partial charge in [-0.05, 0) is 12.1 Å². The average Bonchev–Trinajstić information content (AvgIpc) is 2.59. The van der Waals surface area contributed by atoms with Gasteiger partial charge in [0.2, 0.25) is 11.9 Å². The zero-order chi connectivity index (χ0) is 16.9. The molecule has 0 radical (unpaired) electrons. The number of carbonyl (C=O) groups excluding carboxylic acids is 1. The first-order valence-electron chi connectivity index (χ1n) is 7.47. The second-order valence-corrected chi connectivity index (χ2v) is 6.19. The maximum absolute atomic E-state index is 12.1. The van der Waals surface area contributed by atoms with Gasteiger partial charge in [0.1, 0.15) is 0 Å². The van der Waals surface area contributed by atoms with E-state index in [1.165, 1.54) is 6.20 Å². The van der Waals surface area contributed by atoms with Gasteiger partial charge in [-0.2, -0.15) is 0 Å². The maximum Gasteiger partial charge on any atom is 0.239 e. The number of rotatable bonds is 4. The summed E-state index contributed by atoms with van der Waals surface area (Å²) in [6.45, 7) is 3.35. The molecule has 0 aromatic carbocycles. The van der Waals surface area contributed by atoms with Crippen molar-refractivity contribution in [3.63, 3.8) is 0 Å². The van der Waals surface area contributed by atoms with Crippen molar-refractivity contribution in [1.29, 1.82) is 0 Å². The topological polar surface area (TPSA) is 74.2 Å². The molecule has 1 fully saturated rings. The van der Waals surface area contributed by atoms with Crippen molar-refractivity contribution in [2.45, 2.75) is 0 Å². The molecule has 0 unspecified atom stereocenters. The number of amides is 1. The van der Waals surface area contributed by atoms with Crippen LogP contribution >= 0.6 is 23.2 Å². The van der Waals surface area contributed by atoms with Crippen LogP contribution in [-0.2, 0) is 4.79 Å². The van der Waals surface area contributed by atoms with E-state index < -0.39 is 0 Å². The summed E-state index contributed by atoms with van der Waals surface area (Å²) in [5.41, 5.74) is 0. The Bertz CT molecular complexity index is 706. The van der Waals surface area contributed by atoms with Crippen molar-refractivity contribution in [2.24, 2.45) is 0 Å². The average molecular weight is 367 g/mol. The van der Waals surface area contributed by atoms with Gasteiger partial charge in [-0.3, -0.25) is 9.69 Å². The van der Waals surface area contributed by atoms with E-state index in [9.17, 15) is 4.79 Å². The summed E-state index contributed by atoms with van der Waals surface area (Å²) in [5.74, 6) is 0.886. The molecule has 1 aliphatic heterocycles. The Morgan fingerprint density at radius 3 is 2.50 bits per heavy atom. The molecule has 1 aliphatic rings. The van der Waals surface area contributed by atoms with Gasteiger partial charge in [0, 0.05) is 44.8 Å². The Balaban J connectivity index is 1.50. The lowest BCUT2D eigenvalue weighted by atomic mass is 10.3. The number of carbonyl (C=O) groups is 1. The second-order valence-electron chi connectivity index (χ2n) is 5.34. The number of piperazine rings is 1. The third kappa shape index (κ3) is 4.31. The van der Waals surface area contributed by atoms with Crippen molar-refractivity contribution in [3.05, 3.63) is 40.8 Å². The molecule has 2 aromatic heterocycles. The molecule has 126 valence electrons. The monoisotopic (exact) mass is 366 g/mol. The minimum Gasteiger partial charge on any atom is -0.338 e. The van der Waals surface area contributed by atoms with Gasteiger partial charge in [0.25, 0.3) is 0 Å². The van der Waals surface area contributed by atoms with Crippen molar-refractivity contribution in [1.82, 2.24) is 19.9 Å². The van der Waals surface area contributed by atoms with Gasteiger partial charge in [0.15, 0.2) is 5.82 Å². The second kappa shape index (κ2) is 7.74. The molecule has 0 saturated carbocycles. The van der Waals surface area contributed by atoms with Gasteiger partial charge in [0.05, 0.1) is 16.6 Å². The highest BCUT2D eigenvalue weighted by Gasteiger charge is 2.20. The summed E-state index contributed by atoms with van der Waals surface area (Å²) in [6.07, 6.45) is 4.90. The fourth-order valence-corrected chi connectivity index (χ4v) is 2.87. The Morgan fingerprint density at radius 1 is 1.12 bits per heavy atom. The maximum atomic E-state index is 12.1. The molecule has 0 spiro atoms. The molecule has 1 saturated heterocycles. The fourth-order valence-electron chi connectivity index (χ4n) is 2.44. The van der Waals surface area contributed by atoms with E-state index in [-0.39, 0.29) is 12.5 Å². The number of pyridine rings is 1. The molecular formula is C15H16Cl2N6O. The summed E-state index contributed by atoms with van der Waals surface area (Å²) in [6, 6.07) is 3.34. The molecule has 9 heteroatoms. The zero-order valence-corrected chi connectivity index (χ0v) is 14.3. The van der Waals surface area contributed by atoms with E-state index in [2.05, 4.69) is 30.1 Å². The first kappa shape index (κ1) is 16.9. The number of nitrogens with one attached hydrogen (secondary N) is 1. The molecular weight excluding hydrogens is 351 g/mol. The molecule has 0 bridgehead atoms. The van der Waals surface area contributed by atoms with Crippen molar-refractivity contribution >= 4 is 40.9 Å².